The minimum absolute atomic E-state index is 0.460. The fraction of sp³-hybridized carbons (Fsp3) is 0.438. The molecule has 102 valence electrons. The van der Waals surface area contributed by atoms with Gasteiger partial charge in [-0.25, -0.2) is 4.98 Å². The second-order valence-electron chi connectivity index (χ2n) is 5.25. The Balaban J connectivity index is 1.94. The number of oxazole rings is 1. The minimum atomic E-state index is 0.460. The zero-order chi connectivity index (χ0) is 13.7. The van der Waals surface area contributed by atoms with Crippen LogP contribution in [-0.2, 0) is 19.4 Å². The normalized spacial score (nSPS) is 11.2. The molecule has 0 aliphatic carbocycles. The number of hydrogen-bond donors (Lipinski definition) is 1. The number of hydrogen-bond acceptors (Lipinski definition) is 3. The van der Waals surface area contributed by atoms with Gasteiger partial charge in [-0.1, -0.05) is 43.7 Å². The summed E-state index contributed by atoms with van der Waals surface area (Å²) in [6.45, 7) is 7.16. The number of aromatic nitrogens is 1. The van der Waals surface area contributed by atoms with E-state index in [0.29, 0.717) is 6.04 Å². The summed E-state index contributed by atoms with van der Waals surface area (Å²) in [6, 6.07) is 9.07. The molecule has 19 heavy (non-hydrogen) atoms. The van der Waals surface area contributed by atoms with Gasteiger partial charge in [0.25, 0.3) is 0 Å². The van der Waals surface area contributed by atoms with Gasteiger partial charge in [-0.2, -0.15) is 0 Å². The third-order valence-corrected chi connectivity index (χ3v) is 3.13. The van der Waals surface area contributed by atoms with E-state index < -0.39 is 0 Å². The highest BCUT2D eigenvalue weighted by atomic mass is 16.3. The summed E-state index contributed by atoms with van der Waals surface area (Å²) in [5.74, 6) is 0.995. The molecule has 3 nitrogen and oxygen atoms in total. The van der Waals surface area contributed by atoms with Gasteiger partial charge < -0.3 is 9.73 Å². The van der Waals surface area contributed by atoms with Crippen molar-refractivity contribution in [2.75, 3.05) is 0 Å². The maximum absolute atomic E-state index is 5.50. The molecule has 0 radical (unpaired) electrons. The van der Waals surface area contributed by atoms with E-state index in [9.17, 15) is 0 Å². The van der Waals surface area contributed by atoms with Gasteiger partial charge in [-0.15, -0.1) is 0 Å². The Hall–Kier alpha value is -1.61. The Kier molecular flexibility index (Phi) is 4.74. The topological polar surface area (TPSA) is 38.1 Å². The lowest BCUT2D eigenvalue weighted by molar-refractivity contribution is 0.494. The van der Waals surface area contributed by atoms with Crippen LogP contribution in [0.1, 0.15) is 36.4 Å². The zero-order valence-electron chi connectivity index (χ0n) is 11.9. The van der Waals surface area contributed by atoms with Crippen molar-refractivity contribution >= 4 is 0 Å². The van der Waals surface area contributed by atoms with E-state index in [0.717, 1.165) is 30.8 Å². The summed E-state index contributed by atoms with van der Waals surface area (Å²) in [4.78, 5) is 4.29. The highest BCUT2D eigenvalue weighted by Crippen LogP contribution is 2.12. The molecule has 0 bridgehead atoms. The van der Waals surface area contributed by atoms with Crippen molar-refractivity contribution in [2.24, 2.45) is 0 Å². The predicted octanol–water partition coefficient (Wildman–Crippen LogP) is 3.27. The molecule has 0 spiro atoms. The second kappa shape index (κ2) is 6.53. The molecule has 0 atom stereocenters. The molecule has 2 rings (SSSR count). The van der Waals surface area contributed by atoms with E-state index in [2.05, 4.69) is 55.3 Å². The van der Waals surface area contributed by atoms with Crippen molar-refractivity contribution in [3.63, 3.8) is 0 Å². The first kappa shape index (κ1) is 13.8. The van der Waals surface area contributed by atoms with Gasteiger partial charge in [0, 0.05) is 19.0 Å². The summed E-state index contributed by atoms with van der Waals surface area (Å²) < 4.78 is 5.50. The van der Waals surface area contributed by atoms with Crippen molar-refractivity contribution in [3.05, 3.63) is 53.2 Å². The molecule has 0 aliphatic heterocycles. The van der Waals surface area contributed by atoms with Crippen molar-refractivity contribution in [1.29, 1.82) is 0 Å². The van der Waals surface area contributed by atoms with Crippen LogP contribution in [0.2, 0.25) is 0 Å². The predicted molar refractivity (Wildman–Crippen MR) is 77.1 cm³/mol. The molecule has 0 saturated heterocycles. The molecule has 1 heterocycles. The molecule has 1 aromatic carbocycles. The van der Waals surface area contributed by atoms with Crippen LogP contribution in [0.4, 0.5) is 0 Å². The lowest BCUT2D eigenvalue weighted by atomic mass is 10.1. The van der Waals surface area contributed by atoms with Crippen molar-refractivity contribution < 1.29 is 4.42 Å². The summed E-state index contributed by atoms with van der Waals surface area (Å²) in [5, 5.41) is 3.37. The molecule has 0 aliphatic rings. The molecule has 3 heteroatoms. The number of rotatable bonds is 6. The largest absolute Gasteiger partial charge is 0.448 e. The minimum Gasteiger partial charge on any atom is -0.448 e. The number of aryl methyl sites for hydroxylation is 3. The highest BCUT2D eigenvalue weighted by molar-refractivity contribution is 5.23. The van der Waals surface area contributed by atoms with Crippen molar-refractivity contribution in [3.8, 4) is 0 Å². The lowest BCUT2D eigenvalue weighted by Gasteiger charge is -2.07. The van der Waals surface area contributed by atoms with E-state index in [-0.39, 0.29) is 0 Å². The van der Waals surface area contributed by atoms with Gasteiger partial charge in [-0.3, -0.25) is 0 Å². The monoisotopic (exact) mass is 258 g/mol. The number of nitrogens with one attached hydrogen (secondary N) is 1. The van der Waals surface area contributed by atoms with E-state index in [1.165, 1.54) is 11.1 Å². The molecule has 2 aromatic rings. The Morgan fingerprint density at radius 2 is 2.11 bits per heavy atom. The van der Waals surface area contributed by atoms with Crippen molar-refractivity contribution in [2.45, 2.75) is 46.2 Å². The van der Waals surface area contributed by atoms with Gasteiger partial charge in [-0.05, 0) is 18.9 Å². The van der Waals surface area contributed by atoms with Crippen LogP contribution in [-0.4, -0.2) is 11.0 Å². The van der Waals surface area contributed by atoms with Crippen LogP contribution < -0.4 is 5.32 Å². The first-order chi connectivity index (χ1) is 9.15. The highest BCUT2D eigenvalue weighted by Gasteiger charge is 2.08. The van der Waals surface area contributed by atoms with Gasteiger partial charge in [0.1, 0.15) is 5.76 Å². The Morgan fingerprint density at radius 1 is 1.26 bits per heavy atom. The lowest BCUT2D eigenvalue weighted by Crippen LogP contribution is -2.22. The average Bonchev–Trinajstić information content (AvgIpc) is 2.81. The molecule has 1 N–H and O–H groups in total. The maximum Gasteiger partial charge on any atom is 0.181 e. The summed E-state index contributed by atoms with van der Waals surface area (Å²) >= 11 is 0. The Bertz CT molecular complexity index is 517. The van der Waals surface area contributed by atoms with Crippen LogP contribution >= 0.6 is 0 Å². The number of benzene rings is 1. The van der Waals surface area contributed by atoms with Crippen LogP contribution in [0, 0.1) is 6.92 Å². The maximum atomic E-state index is 5.50. The van der Waals surface area contributed by atoms with Crippen LogP contribution in [0.15, 0.2) is 35.1 Å². The van der Waals surface area contributed by atoms with E-state index in [4.69, 9.17) is 4.42 Å². The fourth-order valence-corrected chi connectivity index (χ4v) is 2.07. The van der Waals surface area contributed by atoms with Crippen LogP contribution in [0.3, 0.4) is 0 Å². The van der Waals surface area contributed by atoms with E-state index in [1.54, 1.807) is 6.39 Å². The molecular weight excluding hydrogens is 236 g/mol. The Morgan fingerprint density at radius 3 is 2.84 bits per heavy atom. The summed E-state index contributed by atoms with van der Waals surface area (Å²) in [6.07, 6.45) is 3.44. The van der Waals surface area contributed by atoms with Gasteiger partial charge >= 0.3 is 0 Å². The molecule has 0 saturated carbocycles. The summed E-state index contributed by atoms with van der Waals surface area (Å²) in [5.41, 5.74) is 3.68. The van der Waals surface area contributed by atoms with Gasteiger partial charge in [0.05, 0.1) is 5.69 Å². The summed E-state index contributed by atoms with van der Waals surface area (Å²) in [7, 11) is 0. The van der Waals surface area contributed by atoms with E-state index in [1.807, 2.05) is 0 Å². The fourth-order valence-electron chi connectivity index (χ4n) is 2.07. The molecular formula is C16H22N2O. The van der Waals surface area contributed by atoms with Crippen LogP contribution in [0.5, 0.6) is 0 Å². The molecule has 1 aromatic heterocycles. The van der Waals surface area contributed by atoms with E-state index >= 15 is 0 Å². The molecule has 0 unspecified atom stereocenters. The third kappa shape index (κ3) is 4.21. The standard InChI is InChI=1S/C16H22N2O/c1-12(2)17-10-15-16(19-11-18-15)8-7-14-6-4-5-13(3)9-14/h4-6,9,11-12,17H,7-8,10H2,1-3H3. The quantitative estimate of drug-likeness (QED) is 0.864. The Labute approximate surface area is 115 Å². The third-order valence-electron chi connectivity index (χ3n) is 3.13. The average molecular weight is 258 g/mol. The molecule has 0 fully saturated rings. The SMILES string of the molecule is Cc1cccc(CCc2ocnc2CNC(C)C)c1. The number of nitrogens with zero attached hydrogens (tertiary/aromatic N) is 1. The zero-order valence-corrected chi connectivity index (χ0v) is 11.9. The molecule has 0 amide bonds. The van der Waals surface area contributed by atoms with Crippen LogP contribution in [0.25, 0.3) is 0 Å². The first-order valence-electron chi connectivity index (χ1n) is 6.85. The smallest absolute Gasteiger partial charge is 0.181 e. The second-order valence-corrected chi connectivity index (χ2v) is 5.25. The van der Waals surface area contributed by atoms with Crippen molar-refractivity contribution in [1.82, 2.24) is 10.3 Å². The first-order valence-corrected chi connectivity index (χ1v) is 6.85. The van der Waals surface area contributed by atoms with Gasteiger partial charge in [0.15, 0.2) is 6.39 Å². The van der Waals surface area contributed by atoms with Gasteiger partial charge in [0.2, 0.25) is 0 Å².